The van der Waals surface area contributed by atoms with Crippen LogP contribution in [0.25, 0.3) is 22.3 Å². The molecule has 0 aliphatic carbocycles. The summed E-state index contributed by atoms with van der Waals surface area (Å²) in [5, 5.41) is 22.0. The number of piperazine rings is 1. The van der Waals surface area contributed by atoms with Crippen LogP contribution < -0.4 is 5.32 Å². The third-order valence-corrected chi connectivity index (χ3v) is 6.12. The number of nitrogens with zero attached hydrogens (tertiary/aromatic N) is 3. The second-order valence-electron chi connectivity index (χ2n) is 8.43. The molecule has 0 bridgehead atoms. The first kappa shape index (κ1) is 19.7. The van der Waals surface area contributed by atoms with Gasteiger partial charge in [0.15, 0.2) is 5.65 Å². The molecule has 2 aromatic heterocycles. The van der Waals surface area contributed by atoms with Gasteiger partial charge in [-0.25, -0.2) is 4.98 Å². The lowest BCUT2D eigenvalue weighted by Crippen LogP contribution is -2.50. The Morgan fingerprint density at radius 3 is 2.65 bits per heavy atom. The molecule has 2 atom stereocenters. The highest BCUT2D eigenvalue weighted by Gasteiger charge is 2.28. The van der Waals surface area contributed by atoms with Crippen LogP contribution >= 0.6 is 0 Å². The summed E-state index contributed by atoms with van der Waals surface area (Å²) in [4.78, 5) is 7.34. The van der Waals surface area contributed by atoms with E-state index >= 15 is 0 Å². The van der Waals surface area contributed by atoms with Crippen LogP contribution in [0, 0.1) is 6.92 Å². The summed E-state index contributed by atoms with van der Waals surface area (Å²) in [6.45, 7) is 7.00. The van der Waals surface area contributed by atoms with Crippen molar-refractivity contribution in [2.24, 2.45) is 0 Å². The summed E-state index contributed by atoms with van der Waals surface area (Å²) in [5.41, 5.74) is 6.15. The number of rotatable bonds is 4. The molecule has 0 radical (unpaired) electrons. The topological polar surface area (TPSA) is 77.1 Å². The van der Waals surface area contributed by atoms with Crippen molar-refractivity contribution in [3.63, 3.8) is 0 Å². The minimum atomic E-state index is 0.251. The van der Waals surface area contributed by atoms with Gasteiger partial charge >= 0.3 is 0 Å². The van der Waals surface area contributed by atoms with Gasteiger partial charge in [0.05, 0.1) is 5.69 Å². The Labute approximate surface area is 181 Å². The number of fused-ring (bicyclic) bond motifs is 1. The Balaban J connectivity index is 1.56. The van der Waals surface area contributed by atoms with E-state index in [9.17, 15) is 5.11 Å². The predicted octanol–water partition coefficient (Wildman–Crippen LogP) is 4.17. The first-order valence-electron chi connectivity index (χ1n) is 10.7. The van der Waals surface area contributed by atoms with Crippen LogP contribution in [0.2, 0.25) is 0 Å². The quantitative estimate of drug-likeness (QED) is 0.468. The van der Waals surface area contributed by atoms with Gasteiger partial charge in [0.25, 0.3) is 0 Å². The second-order valence-corrected chi connectivity index (χ2v) is 8.43. The molecule has 2 aromatic carbocycles. The minimum Gasteiger partial charge on any atom is -0.508 e. The zero-order valence-corrected chi connectivity index (χ0v) is 17.8. The molecule has 6 heteroatoms. The molecule has 1 saturated heterocycles. The highest BCUT2D eigenvalue weighted by molar-refractivity contribution is 5.84. The van der Waals surface area contributed by atoms with E-state index in [1.54, 1.807) is 12.1 Å². The van der Waals surface area contributed by atoms with Gasteiger partial charge in [0.2, 0.25) is 0 Å². The highest BCUT2D eigenvalue weighted by Crippen LogP contribution is 2.31. The number of aromatic amines is 1. The number of pyridine rings is 1. The number of phenols is 1. The number of aromatic hydroxyl groups is 1. The monoisotopic (exact) mass is 413 g/mol. The Morgan fingerprint density at radius 1 is 1.10 bits per heavy atom. The summed E-state index contributed by atoms with van der Waals surface area (Å²) in [7, 11) is 0. The number of phenolic OH excluding ortho intramolecular Hbond substituents is 1. The number of benzene rings is 2. The van der Waals surface area contributed by atoms with Crippen molar-refractivity contribution >= 4 is 11.0 Å². The molecule has 31 heavy (non-hydrogen) atoms. The molecule has 3 heterocycles. The fraction of sp³-hybridized carbons (Fsp3) is 0.280. The number of aromatic nitrogens is 3. The molecule has 0 amide bonds. The maximum atomic E-state index is 9.66. The van der Waals surface area contributed by atoms with E-state index in [1.165, 1.54) is 11.1 Å². The van der Waals surface area contributed by atoms with Gasteiger partial charge in [-0.1, -0.05) is 30.3 Å². The third kappa shape index (κ3) is 3.92. The molecule has 6 nitrogen and oxygen atoms in total. The molecule has 1 aliphatic heterocycles. The first-order valence-corrected chi connectivity index (χ1v) is 10.7. The number of hydrogen-bond donors (Lipinski definition) is 3. The van der Waals surface area contributed by atoms with E-state index in [-0.39, 0.29) is 5.75 Å². The lowest BCUT2D eigenvalue weighted by atomic mass is 9.99. The molecule has 158 valence electrons. The molecule has 3 N–H and O–H groups in total. The van der Waals surface area contributed by atoms with E-state index < -0.39 is 0 Å². The molecule has 0 saturated carbocycles. The lowest BCUT2D eigenvalue weighted by molar-refractivity contribution is 0.128. The Bertz CT molecular complexity index is 1190. The largest absolute Gasteiger partial charge is 0.508 e. The smallest absolute Gasteiger partial charge is 0.182 e. The maximum Gasteiger partial charge on any atom is 0.182 e. The van der Waals surface area contributed by atoms with Crippen LogP contribution in [-0.4, -0.2) is 44.3 Å². The molecule has 5 rings (SSSR count). The van der Waals surface area contributed by atoms with Gasteiger partial charge in [-0.2, -0.15) is 5.10 Å². The first-order chi connectivity index (χ1) is 15.1. The average Bonchev–Trinajstić information content (AvgIpc) is 3.16. The van der Waals surface area contributed by atoms with E-state index in [0.717, 1.165) is 47.6 Å². The van der Waals surface area contributed by atoms with Crippen LogP contribution in [0.5, 0.6) is 5.75 Å². The van der Waals surface area contributed by atoms with Gasteiger partial charge in [-0.3, -0.25) is 10.00 Å². The molecule has 4 aromatic rings. The van der Waals surface area contributed by atoms with E-state index in [1.807, 2.05) is 12.1 Å². The normalized spacial score (nSPS) is 19.7. The number of hydrogen-bond acceptors (Lipinski definition) is 5. The van der Waals surface area contributed by atoms with Crippen LogP contribution in [0.1, 0.15) is 29.8 Å². The molecular weight excluding hydrogens is 386 g/mol. The third-order valence-electron chi connectivity index (χ3n) is 6.12. The van der Waals surface area contributed by atoms with E-state index in [0.29, 0.717) is 12.1 Å². The Hall–Kier alpha value is -3.22. The van der Waals surface area contributed by atoms with Crippen molar-refractivity contribution in [3.05, 3.63) is 77.5 Å². The second kappa shape index (κ2) is 8.13. The summed E-state index contributed by atoms with van der Waals surface area (Å²) in [5.74, 6) is 0.251. The SMILES string of the molecule is Cc1[nH]nc2nc(-c3ccc(O)cc3)cc(CN3C[C@@H](C)NC[C@@H]3c3ccccc3)c12. The Kier molecular flexibility index (Phi) is 5.18. The van der Waals surface area contributed by atoms with Gasteiger partial charge < -0.3 is 10.4 Å². The average molecular weight is 414 g/mol. The van der Waals surface area contributed by atoms with Crippen molar-refractivity contribution in [2.45, 2.75) is 32.5 Å². The Morgan fingerprint density at radius 2 is 1.87 bits per heavy atom. The van der Waals surface area contributed by atoms with Crippen molar-refractivity contribution in [1.29, 1.82) is 0 Å². The zero-order chi connectivity index (χ0) is 21.4. The summed E-state index contributed by atoms with van der Waals surface area (Å²) < 4.78 is 0. The number of aryl methyl sites for hydroxylation is 1. The fourth-order valence-electron chi connectivity index (χ4n) is 4.55. The van der Waals surface area contributed by atoms with Crippen LogP contribution in [0.15, 0.2) is 60.7 Å². The molecular formula is C25H27N5O. The van der Waals surface area contributed by atoms with Crippen LogP contribution in [0.3, 0.4) is 0 Å². The van der Waals surface area contributed by atoms with Crippen molar-refractivity contribution in [1.82, 2.24) is 25.4 Å². The van der Waals surface area contributed by atoms with Crippen LogP contribution in [0.4, 0.5) is 0 Å². The number of H-pyrrole nitrogens is 1. The lowest BCUT2D eigenvalue weighted by Gasteiger charge is -2.40. The molecule has 1 fully saturated rings. The standard InChI is InChI=1S/C25H27N5O/c1-16-14-30(23(13-26-16)19-6-4-3-5-7-19)15-20-12-22(18-8-10-21(31)11-9-18)27-25-24(20)17(2)28-29-25/h3-12,16,23,26,31H,13-15H2,1-2H3,(H,27,28,29)/t16-,23-/m1/s1. The zero-order valence-electron chi connectivity index (χ0n) is 17.8. The molecule has 1 aliphatic rings. The summed E-state index contributed by atoms with van der Waals surface area (Å²) in [6.07, 6.45) is 0. The van der Waals surface area contributed by atoms with Gasteiger partial charge in [-0.05, 0) is 55.3 Å². The highest BCUT2D eigenvalue weighted by atomic mass is 16.3. The van der Waals surface area contributed by atoms with Crippen molar-refractivity contribution < 1.29 is 5.11 Å². The minimum absolute atomic E-state index is 0.251. The van der Waals surface area contributed by atoms with Crippen molar-refractivity contribution in [3.8, 4) is 17.0 Å². The number of nitrogens with one attached hydrogen (secondary N) is 2. The van der Waals surface area contributed by atoms with E-state index in [4.69, 9.17) is 4.98 Å². The predicted molar refractivity (Wildman–Crippen MR) is 123 cm³/mol. The van der Waals surface area contributed by atoms with Crippen LogP contribution in [-0.2, 0) is 6.54 Å². The molecule has 0 unspecified atom stereocenters. The van der Waals surface area contributed by atoms with Gasteiger partial charge in [0, 0.05) is 48.4 Å². The fourth-order valence-corrected chi connectivity index (χ4v) is 4.55. The molecule has 0 spiro atoms. The van der Waals surface area contributed by atoms with E-state index in [2.05, 4.69) is 70.7 Å². The van der Waals surface area contributed by atoms with Gasteiger partial charge in [-0.15, -0.1) is 0 Å². The van der Waals surface area contributed by atoms with Crippen molar-refractivity contribution in [2.75, 3.05) is 13.1 Å². The summed E-state index contributed by atoms with van der Waals surface area (Å²) >= 11 is 0. The summed E-state index contributed by atoms with van der Waals surface area (Å²) in [6, 6.07) is 20.8. The maximum absolute atomic E-state index is 9.66. The van der Waals surface area contributed by atoms with Gasteiger partial charge in [0.1, 0.15) is 5.75 Å².